The van der Waals surface area contributed by atoms with Crippen molar-refractivity contribution in [1.29, 1.82) is 0 Å². The standard InChI is InChI=1S/C17H25ClN4O4/c1-5-25-15(26-6-2)12-7-11-8-19-16(18)21-14(11)22(12)13(10(3)4)9-20-17(23)24/h7-8,10,13,15,20H,5-6,9H2,1-4H3,(H,23,24). The van der Waals surface area contributed by atoms with Gasteiger partial charge >= 0.3 is 6.09 Å². The van der Waals surface area contributed by atoms with Crippen LogP contribution in [0.4, 0.5) is 4.79 Å². The number of hydrogen-bond donors (Lipinski definition) is 2. The number of nitrogens with zero attached hydrogens (tertiary/aromatic N) is 3. The van der Waals surface area contributed by atoms with Gasteiger partial charge in [0.15, 0.2) is 6.29 Å². The fourth-order valence-electron chi connectivity index (χ4n) is 2.88. The molecule has 2 N–H and O–H groups in total. The molecule has 2 heterocycles. The third-order valence-electron chi connectivity index (χ3n) is 4.02. The molecule has 8 nitrogen and oxygen atoms in total. The molecule has 0 aliphatic rings. The first-order chi connectivity index (χ1) is 12.4. The van der Waals surface area contributed by atoms with Crippen molar-refractivity contribution in [3.8, 4) is 0 Å². The SMILES string of the molecule is CCOC(OCC)c1cc2cnc(Cl)nc2n1C(CNC(=O)O)C(C)C. The van der Waals surface area contributed by atoms with Gasteiger partial charge in [0, 0.05) is 31.3 Å². The highest BCUT2D eigenvalue weighted by Gasteiger charge is 2.27. The predicted molar refractivity (Wildman–Crippen MR) is 98.4 cm³/mol. The molecule has 0 bridgehead atoms. The van der Waals surface area contributed by atoms with E-state index in [0.717, 1.165) is 11.1 Å². The van der Waals surface area contributed by atoms with Crippen LogP contribution in [0.5, 0.6) is 0 Å². The number of aromatic nitrogens is 3. The lowest BCUT2D eigenvalue weighted by molar-refractivity contribution is -0.144. The molecule has 0 saturated heterocycles. The second-order valence-electron chi connectivity index (χ2n) is 6.10. The van der Waals surface area contributed by atoms with Crippen LogP contribution in [0.2, 0.25) is 5.28 Å². The Kier molecular flexibility index (Phi) is 7.19. The van der Waals surface area contributed by atoms with Crippen molar-refractivity contribution in [2.24, 2.45) is 5.92 Å². The van der Waals surface area contributed by atoms with Crippen LogP contribution in [0.15, 0.2) is 12.3 Å². The number of fused-ring (bicyclic) bond motifs is 1. The van der Waals surface area contributed by atoms with Gasteiger partial charge in [-0.15, -0.1) is 0 Å². The Hall–Kier alpha value is -1.90. The van der Waals surface area contributed by atoms with E-state index in [-0.39, 0.29) is 23.8 Å². The molecule has 2 aromatic heterocycles. The average Bonchev–Trinajstić information content (AvgIpc) is 2.93. The number of carboxylic acid groups (broad SMARTS) is 1. The molecule has 0 saturated carbocycles. The summed E-state index contributed by atoms with van der Waals surface area (Å²) in [5.74, 6) is 0.119. The van der Waals surface area contributed by atoms with E-state index < -0.39 is 12.4 Å². The lowest BCUT2D eigenvalue weighted by Crippen LogP contribution is -2.33. The summed E-state index contributed by atoms with van der Waals surface area (Å²) in [5, 5.41) is 12.4. The third kappa shape index (κ3) is 4.63. The molecular formula is C17H25ClN4O4. The molecule has 26 heavy (non-hydrogen) atoms. The average molecular weight is 385 g/mol. The minimum Gasteiger partial charge on any atom is -0.465 e. The fourth-order valence-corrected chi connectivity index (χ4v) is 3.00. The van der Waals surface area contributed by atoms with Gasteiger partial charge in [0.2, 0.25) is 5.28 Å². The third-order valence-corrected chi connectivity index (χ3v) is 4.20. The van der Waals surface area contributed by atoms with Gasteiger partial charge in [-0.1, -0.05) is 13.8 Å². The first kappa shape index (κ1) is 20.4. The molecule has 1 amide bonds. The summed E-state index contributed by atoms with van der Waals surface area (Å²) in [7, 11) is 0. The van der Waals surface area contributed by atoms with Crippen molar-refractivity contribution < 1.29 is 19.4 Å². The Balaban J connectivity index is 2.62. The molecule has 0 radical (unpaired) electrons. The lowest BCUT2D eigenvalue weighted by atomic mass is 10.0. The molecule has 2 aromatic rings. The highest BCUT2D eigenvalue weighted by molar-refractivity contribution is 6.28. The molecule has 1 atom stereocenters. The van der Waals surface area contributed by atoms with Gasteiger partial charge in [0.05, 0.1) is 11.7 Å². The number of carbonyl (C=O) groups is 1. The van der Waals surface area contributed by atoms with Crippen LogP contribution >= 0.6 is 11.6 Å². The van der Waals surface area contributed by atoms with Gasteiger partial charge in [-0.05, 0) is 37.4 Å². The van der Waals surface area contributed by atoms with Crippen molar-refractivity contribution >= 4 is 28.7 Å². The van der Waals surface area contributed by atoms with Crippen LogP contribution in [0.25, 0.3) is 11.0 Å². The van der Waals surface area contributed by atoms with Gasteiger partial charge in [0.25, 0.3) is 0 Å². The summed E-state index contributed by atoms with van der Waals surface area (Å²) in [6.45, 7) is 8.97. The molecule has 0 aliphatic carbocycles. The van der Waals surface area contributed by atoms with E-state index in [2.05, 4.69) is 15.3 Å². The zero-order valence-electron chi connectivity index (χ0n) is 15.4. The first-order valence-electron chi connectivity index (χ1n) is 8.62. The summed E-state index contributed by atoms with van der Waals surface area (Å²) in [6, 6.07) is 1.70. The van der Waals surface area contributed by atoms with Crippen molar-refractivity contribution in [2.45, 2.75) is 40.0 Å². The van der Waals surface area contributed by atoms with E-state index in [0.29, 0.717) is 18.9 Å². The maximum absolute atomic E-state index is 11.0. The Morgan fingerprint density at radius 2 is 2.00 bits per heavy atom. The summed E-state index contributed by atoms with van der Waals surface area (Å²) in [5.41, 5.74) is 1.38. The first-order valence-corrected chi connectivity index (χ1v) is 9.00. The van der Waals surface area contributed by atoms with Crippen LogP contribution in [-0.4, -0.2) is 45.5 Å². The minimum atomic E-state index is -1.08. The number of amides is 1. The zero-order chi connectivity index (χ0) is 19.3. The lowest BCUT2D eigenvalue weighted by Gasteiger charge is -2.28. The number of rotatable bonds is 9. The minimum absolute atomic E-state index is 0.119. The van der Waals surface area contributed by atoms with E-state index in [1.165, 1.54) is 0 Å². The normalized spacial score (nSPS) is 12.9. The van der Waals surface area contributed by atoms with Gasteiger partial charge in [-0.2, -0.15) is 4.98 Å². The monoisotopic (exact) mass is 384 g/mol. The van der Waals surface area contributed by atoms with E-state index in [4.69, 9.17) is 26.2 Å². The Bertz CT molecular complexity index is 744. The molecule has 0 aromatic carbocycles. The molecule has 9 heteroatoms. The Morgan fingerprint density at radius 1 is 1.35 bits per heavy atom. The van der Waals surface area contributed by atoms with Crippen LogP contribution in [0, 0.1) is 5.92 Å². The number of nitrogens with one attached hydrogen (secondary N) is 1. The maximum Gasteiger partial charge on any atom is 0.404 e. The zero-order valence-corrected chi connectivity index (χ0v) is 16.2. The van der Waals surface area contributed by atoms with Crippen LogP contribution in [0.3, 0.4) is 0 Å². The van der Waals surface area contributed by atoms with Gasteiger partial charge in [-0.3, -0.25) is 0 Å². The molecule has 2 rings (SSSR count). The quantitative estimate of drug-likeness (QED) is 0.506. The van der Waals surface area contributed by atoms with Gasteiger partial charge < -0.3 is 24.5 Å². The maximum atomic E-state index is 11.0. The number of hydrogen-bond acceptors (Lipinski definition) is 5. The van der Waals surface area contributed by atoms with Crippen LogP contribution in [-0.2, 0) is 9.47 Å². The predicted octanol–water partition coefficient (Wildman–Crippen LogP) is 3.62. The van der Waals surface area contributed by atoms with E-state index >= 15 is 0 Å². The van der Waals surface area contributed by atoms with E-state index in [1.807, 2.05) is 38.3 Å². The van der Waals surface area contributed by atoms with Crippen molar-refractivity contribution in [3.05, 3.63) is 23.2 Å². The summed E-state index contributed by atoms with van der Waals surface area (Å²) < 4.78 is 13.5. The molecule has 0 aliphatic heterocycles. The Morgan fingerprint density at radius 3 is 2.54 bits per heavy atom. The van der Waals surface area contributed by atoms with Gasteiger partial charge in [0.1, 0.15) is 5.65 Å². The highest BCUT2D eigenvalue weighted by atomic mass is 35.5. The smallest absolute Gasteiger partial charge is 0.404 e. The highest BCUT2D eigenvalue weighted by Crippen LogP contribution is 2.32. The largest absolute Gasteiger partial charge is 0.465 e. The summed E-state index contributed by atoms with van der Waals surface area (Å²) in [6.07, 6.45) is -0.0294. The number of halogens is 1. The second-order valence-corrected chi connectivity index (χ2v) is 6.44. The van der Waals surface area contributed by atoms with E-state index in [9.17, 15) is 4.79 Å². The second kappa shape index (κ2) is 9.16. The Labute approximate surface area is 157 Å². The molecular weight excluding hydrogens is 360 g/mol. The van der Waals surface area contributed by atoms with Crippen molar-refractivity contribution in [3.63, 3.8) is 0 Å². The molecule has 144 valence electrons. The fraction of sp³-hybridized carbons (Fsp3) is 0.588. The van der Waals surface area contributed by atoms with Crippen molar-refractivity contribution in [1.82, 2.24) is 19.9 Å². The summed E-state index contributed by atoms with van der Waals surface area (Å²) in [4.78, 5) is 19.4. The van der Waals surface area contributed by atoms with E-state index in [1.54, 1.807) is 6.20 Å². The van der Waals surface area contributed by atoms with Crippen molar-refractivity contribution in [2.75, 3.05) is 19.8 Å². The molecule has 1 unspecified atom stereocenters. The van der Waals surface area contributed by atoms with Crippen LogP contribution in [0.1, 0.15) is 45.7 Å². The molecule has 0 spiro atoms. The molecule has 0 fully saturated rings. The van der Waals surface area contributed by atoms with Crippen LogP contribution < -0.4 is 5.32 Å². The summed E-state index contributed by atoms with van der Waals surface area (Å²) >= 11 is 6.01. The topological polar surface area (TPSA) is 98.5 Å². The van der Waals surface area contributed by atoms with Gasteiger partial charge in [-0.25, -0.2) is 9.78 Å². The number of ether oxygens (including phenoxy) is 2.